The largest absolute Gasteiger partial charge is 0.309 e. The van der Waals surface area contributed by atoms with E-state index in [4.69, 9.17) is 0 Å². The summed E-state index contributed by atoms with van der Waals surface area (Å²) in [7, 11) is 0. The van der Waals surface area contributed by atoms with E-state index < -0.39 is 0 Å². The molecule has 0 spiro atoms. The molecule has 80 valence electrons. The first kappa shape index (κ1) is 12.0. The predicted octanol–water partition coefficient (Wildman–Crippen LogP) is 2.86. The van der Waals surface area contributed by atoms with E-state index >= 15 is 0 Å². The Morgan fingerprint density at radius 1 is 1.64 bits per heavy atom. The number of hydrogen-bond acceptors (Lipinski definition) is 4. The molecule has 0 radical (unpaired) electrons. The van der Waals surface area contributed by atoms with Gasteiger partial charge in [0.05, 0.1) is 10.7 Å². The van der Waals surface area contributed by atoms with Crippen molar-refractivity contribution < 1.29 is 0 Å². The molecule has 1 heterocycles. The summed E-state index contributed by atoms with van der Waals surface area (Å²) in [6.07, 6.45) is 3.38. The van der Waals surface area contributed by atoms with Gasteiger partial charge < -0.3 is 5.32 Å². The van der Waals surface area contributed by atoms with Gasteiger partial charge >= 0.3 is 0 Å². The van der Waals surface area contributed by atoms with Crippen LogP contribution in [0.4, 0.5) is 0 Å². The number of thiazole rings is 1. The number of thioether (sulfide) groups is 1. The number of rotatable bonds is 6. The summed E-state index contributed by atoms with van der Waals surface area (Å²) in [6.45, 7) is 5.31. The Balaban J connectivity index is 2.25. The molecule has 1 aromatic heterocycles. The van der Waals surface area contributed by atoms with E-state index in [1.54, 1.807) is 11.3 Å². The van der Waals surface area contributed by atoms with Gasteiger partial charge in [-0.1, -0.05) is 0 Å². The molecule has 0 bridgehead atoms. The van der Waals surface area contributed by atoms with E-state index in [1.807, 2.05) is 11.8 Å². The number of aromatic nitrogens is 1. The Morgan fingerprint density at radius 2 is 2.43 bits per heavy atom. The van der Waals surface area contributed by atoms with E-state index in [-0.39, 0.29) is 0 Å². The topological polar surface area (TPSA) is 24.9 Å². The molecule has 1 N–H and O–H groups in total. The first-order valence-corrected chi connectivity index (χ1v) is 7.15. The Morgan fingerprint density at radius 3 is 3.00 bits per heavy atom. The van der Waals surface area contributed by atoms with E-state index in [9.17, 15) is 0 Å². The summed E-state index contributed by atoms with van der Waals surface area (Å²) in [6, 6.07) is 0.391. The minimum atomic E-state index is 0.391. The van der Waals surface area contributed by atoms with E-state index in [1.165, 1.54) is 17.9 Å². The van der Waals surface area contributed by atoms with Crippen LogP contribution in [-0.2, 0) is 0 Å². The van der Waals surface area contributed by atoms with Crippen molar-refractivity contribution in [1.82, 2.24) is 10.3 Å². The van der Waals surface area contributed by atoms with Gasteiger partial charge in [-0.3, -0.25) is 0 Å². The molecule has 0 fully saturated rings. The van der Waals surface area contributed by atoms with Crippen molar-refractivity contribution >= 4 is 23.1 Å². The smallest absolute Gasteiger partial charge is 0.0898 e. The second kappa shape index (κ2) is 6.43. The number of nitrogens with one attached hydrogen (secondary N) is 1. The van der Waals surface area contributed by atoms with E-state index in [0.29, 0.717) is 6.04 Å². The fourth-order valence-electron chi connectivity index (χ4n) is 1.22. The maximum atomic E-state index is 4.46. The van der Waals surface area contributed by atoms with Gasteiger partial charge in [-0.25, -0.2) is 4.98 Å². The maximum absolute atomic E-state index is 4.46. The third kappa shape index (κ3) is 3.98. The van der Waals surface area contributed by atoms with Crippen LogP contribution < -0.4 is 5.32 Å². The number of nitrogens with zero attached hydrogens (tertiary/aromatic N) is 1. The third-order valence-corrected chi connectivity index (χ3v) is 3.54. The molecule has 1 rings (SSSR count). The Hall–Kier alpha value is -0.0600. The second-order valence-corrected chi connectivity index (χ2v) is 5.36. The summed E-state index contributed by atoms with van der Waals surface area (Å²) in [5.74, 6) is 1.23. The summed E-state index contributed by atoms with van der Waals surface area (Å²) < 4.78 is 0. The molecule has 1 aromatic rings. The van der Waals surface area contributed by atoms with Gasteiger partial charge in [-0.2, -0.15) is 11.8 Å². The molecule has 4 heteroatoms. The summed E-state index contributed by atoms with van der Waals surface area (Å²) in [5, 5.41) is 6.77. The van der Waals surface area contributed by atoms with Gasteiger partial charge in [-0.05, 0) is 38.8 Å². The molecule has 0 saturated heterocycles. The van der Waals surface area contributed by atoms with Crippen molar-refractivity contribution in [3.63, 3.8) is 0 Å². The summed E-state index contributed by atoms with van der Waals surface area (Å²) >= 11 is 3.62. The van der Waals surface area contributed by atoms with Crippen molar-refractivity contribution in [3.8, 4) is 0 Å². The van der Waals surface area contributed by atoms with Crippen LogP contribution in [0.15, 0.2) is 5.38 Å². The van der Waals surface area contributed by atoms with Crippen LogP contribution in [0.25, 0.3) is 0 Å². The molecule has 0 aromatic carbocycles. The average Bonchev–Trinajstić information content (AvgIpc) is 2.59. The molecule has 14 heavy (non-hydrogen) atoms. The fourth-order valence-corrected chi connectivity index (χ4v) is 2.36. The molecule has 0 aliphatic heterocycles. The normalized spacial score (nSPS) is 13.1. The van der Waals surface area contributed by atoms with Crippen LogP contribution >= 0.6 is 23.1 Å². The minimum absolute atomic E-state index is 0.391. The zero-order chi connectivity index (χ0) is 10.4. The highest BCUT2D eigenvalue weighted by atomic mass is 32.2. The van der Waals surface area contributed by atoms with Gasteiger partial charge in [0.25, 0.3) is 0 Å². The number of hydrogen-bond donors (Lipinski definition) is 1. The summed E-state index contributed by atoms with van der Waals surface area (Å²) in [4.78, 5) is 4.46. The zero-order valence-corrected chi connectivity index (χ0v) is 10.7. The van der Waals surface area contributed by atoms with Crippen LogP contribution in [0, 0.1) is 6.92 Å². The van der Waals surface area contributed by atoms with Crippen molar-refractivity contribution in [2.45, 2.75) is 26.3 Å². The third-order valence-electron chi connectivity index (χ3n) is 2.06. The average molecular weight is 230 g/mol. The van der Waals surface area contributed by atoms with Crippen LogP contribution in [-0.4, -0.2) is 23.5 Å². The first-order valence-electron chi connectivity index (χ1n) is 4.88. The van der Waals surface area contributed by atoms with Gasteiger partial charge in [0.15, 0.2) is 0 Å². The SMILES string of the molecule is CSCCCNC(C)c1csc(C)n1. The first-order chi connectivity index (χ1) is 6.74. The molecule has 0 amide bonds. The van der Waals surface area contributed by atoms with Crippen LogP contribution in [0.2, 0.25) is 0 Å². The van der Waals surface area contributed by atoms with Crippen molar-refractivity contribution in [3.05, 3.63) is 16.1 Å². The van der Waals surface area contributed by atoms with Crippen LogP contribution in [0.5, 0.6) is 0 Å². The fraction of sp³-hybridized carbons (Fsp3) is 0.700. The van der Waals surface area contributed by atoms with Crippen LogP contribution in [0.1, 0.15) is 30.1 Å². The zero-order valence-electron chi connectivity index (χ0n) is 9.04. The Labute approximate surface area is 94.5 Å². The molecule has 1 atom stereocenters. The minimum Gasteiger partial charge on any atom is -0.309 e. The quantitative estimate of drug-likeness (QED) is 0.761. The van der Waals surface area contributed by atoms with Gasteiger partial charge in [-0.15, -0.1) is 11.3 Å². The van der Waals surface area contributed by atoms with E-state index in [0.717, 1.165) is 11.6 Å². The second-order valence-electron chi connectivity index (χ2n) is 3.31. The highest BCUT2D eigenvalue weighted by molar-refractivity contribution is 7.98. The predicted molar refractivity (Wildman–Crippen MR) is 66.3 cm³/mol. The van der Waals surface area contributed by atoms with Crippen molar-refractivity contribution in [2.75, 3.05) is 18.6 Å². The standard InChI is InChI=1S/C10H18N2S2/c1-8(11-5-4-6-13-3)10-7-14-9(2)12-10/h7-8,11H,4-6H2,1-3H3. The lowest BCUT2D eigenvalue weighted by atomic mass is 10.2. The van der Waals surface area contributed by atoms with E-state index in [2.05, 4.69) is 35.8 Å². The van der Waals surface area contributed by atoms with Gasteiger partial charge in [0.1, 0.15) is 0 Å². The highest BCUT2D eigenvalue weighted by Crippen LogP contribution is 2.15. The maximum Gasteiger partial charge on any atom is 0.0898 e. The monoisotopic (exact) mass is 230 g/mol. The lowest BCUT2D eigenvalue weighted by Gasteiger charge is -2.10. The Kier molecular flexibility index (Phi) is 5.52. The van der Waals surface area contributed by atoms with Gasteiger partial charge in [0.2, 0.25) is 0 Å². The molecule has 0 aliphatic carbocycles. The van der Waals surface area contributed by atoms with Crippen molar-refractivity contribution in [1.29, 1.82) is 0 Å². The van der Waals surface area contributed by atoms with Gasteiger partial charge in [0, 0.05) is 11.4 Å². The molecule has 2 nitrogen and oxygen atoms in total. The molecular weight excluding hydrogens is 212 g/mol. The Bertz CT molecular complexity index is 260. The summed E-state index contributed by atoms with van der Waals surface area (Å²) in [5.41, 5.74) is 1.18. The lowest BCUT2D eigenvalue weighted by Crippen LogP contribution is -2.20. The number of aryl methyl sites for hydroxylation is 1. The lowest BCUT2D eigenvalue weighted by molar-refractivity contribution is 0.562. The molecule has 1 unspecified atom stereocenters. The van der Waals surface area contributed by atoms with Crippen LogP contribution in [0.3, 0.4) is 0 Å². The highest BCUT2D eigenvalue weighted by Gasteiger charge is 2.06. The molecule has 0 saturated carbocycles. The molecular formula is C10H18N2S2. The van der Waals surface area contributed by atoms with Crippen molar-refractivity contribution in [2.24, 2.45) is 0 Å². The molecule has 0 aliphatic rings.